The predicted molar refractivity (Wildman–Crippen MR) is 98.0 cm³/mol. The number of methoxy groups -OCH3 is 1. The van der Waals surface area contributed by atoms with Crippen molar-refractivity contribution in [2.45, 2.75) is 13.8 Å². The monoisotopic (exact) mass is 338 g/mol. The Hall–Kier alpha value is -2.66. The number of thiazole rings is 1. The van der Waals surface area contributed by atoms with Crippen LogP contribution in [-0.2, 0) is 0 Å². The van der Waals surface area contributed by atoms with Gasteiger partial charge in [-0.2, -0.15) is 0 Å². The normalized spacial score (nSPS) is 10.5. The fourth-order valence-corrected chi connectivity index (χ4v) is 3.17. The number of rotatable bonds is 4. The van der Waals surface area contributed by atoms with E-state index in [4.69, 9.17) is 4.74 Å². The molecular formula is C19H18N2O2S. The molecule has 0 fully saturated rings. The highest BCUT2D eigenvalue weighted by atomic mass is 32.1. The maximum absolute atomic E-state index is 12.4. The molecule has 1 N–H and O–H groups in total. The van der Waals surface area contributed by atoms with Crippen molar-refractivity contribution in [3.8, 4) is 17.0 Å². The van der Waals surface area contributed by atoms with E-state index in [-0.39, 0.29) is 5.91 Å². The third kappa shape index (κ3) is 3.46. The third-order valence-corrected chi connectivity index (χ3v) is 4.49. The number of amides is 1. The number of nitrogens with one attached hydrogen (secondary N) is 1. The van der Waals surface area contributed by atoms with E-state index < -0.39 is 0 Å². The molecule has 2 aromatic carbocycles. The van der Waals surface area contributed by atoms with Crippen LogP contribution in [0.2, 0.25) is 0 Å². The van der Waals surface area contributed by atoms with Gasteiger partial charge in [-0.3, -0.25) is 10.1 Å². The van der Waals surface area contributed by atoms with Crippen molar-refractivity contribution in [2.75, 3.05) is 12.4 Å². The van der Waals surface area contributed by atoms with Gasteiger partial charge in [-0.25, -0.2) is 4.98 Å². The molecule has 0 aliphatic rings. The van der Waals surface area contributed by atoms with Crippen molar-refractivity contribution < 1.29 is 9.53 Å². The van der Waals surface area contributed by atoms with Crippen molar-refractivity contribution in [2.24, 2.45) is 0 Å². The SMILES string of the molecule is COc1ccc(-c2csc(NC(=O)c3ccc(C)cc3C)n2)cc1. The molecule has 0 unspecified atom stereocenters. The van der Waals surface area contributed by atoms with E-state index in [0.717, 1.165) is 28.1 Å². The second-order valence-electron chi connectivity index (χ2n) is 5.54. The number of anilines is 1. The topological polar surface area (TPSA) is 51.2 Å². The standard InChI is InChI=1S/C19H18N2O2S/c1-12-4-9-16(13(2)10-12)18(22)21-19-20-17(11-24-19)14-5-7-15(23-3)8-6-14/h4-11H,1-3H3,(H,20,21,22). The van der Waals surface area contributed by atoms with Crippen LogP contribution >= 0.6 is 11.3 Å². The Morgan fingerprint density at radius 3 is 2.54 bits per heavy atom. The predicted octanol–water partition coefficient (Wildman–Crippen LogP) is 4.69. The zero-order valence-electron chi connectivity index (χ0n) is 13.8. The number of carbonyl (C=O) groups is 1. The highest BCUT2D eigenvalue weighted by Crippen LogP contribution is 2.27. The first-order valence-electron chi connectivity index (χ1n) is 7.55. The van der Waals surface area contributed by atoms with Gasteiger partial charge in [-0.15, -0.1) is 11.3 Å². The molecule has 0 aliphatic carbocycles. The van der Waals surface area contributed by atoms with Gasteiger partial charge in [0.2, 0.25) is 0 Å². The molecule has 24 heavy (non-hydrogen) atoms. The van der Waals surface area contributed by atoms with Gasteiger partial charge in [-0.1, -0.05) is 17.7 Å². The quantitative estimate of drug-likeness (QED) is 0.751. The number of aromatic nitrogens is 1. The summed E-state index contributed by atoms with van der Waals surface area (Å²) in [5, 5.41) is 5.39. The van der Waals surface area contributed by atoms with Gasteiger partial charge in [0.1, 0.15) is 5.75 Å². The van der Waals surface area contributed by atoms with Crippen LogP contribution in [0.25, 0.3) is 11.3 Å². The molecule has 0 aliphatic heterocycles. The maximum atomic E-state index is 12.4. The zero-order valence-corrected chi connectivity index (χ0v) is 14.6. The van der Waals surface area contributed by atoms with Gasteiger partial charge in [0.05, 0.1) is 12.8 Å². The number of ether oxygens (including phenoxy) is 1. The number of benzene rings is 2. The molecule has 3 aromatic rings. The fourth-order valence-electron chi connectivity index (χ4n) is 2.46. The van der Waals surface area contributed by atoms with Crippen LogP contribution < -0.4 is 10.1 Å². The van der Waals surface area contributed by atoms with Gasteiger partial charge in [0, 0.05) is 16.5 Å². The van der Waals surface area contributed by atoms with Crippen molar-refractivity contribution in [3.63, 3.8) is 0 Å². The first kappa shape index (κ1) is 16.2. The number of hydrogen-bond acceptors (Lipinski definition) is 4. The lowest BCUT2D eigenvalue weighted by molar-refractivity contribution is 0.102. The average molecular weight is 338 g/mol. The first-order valence-corrected chi connectivity index (χ1v) is 8.43. The van der Waals surface area contributed by atoms with E-state index in [1.807, 2.05) is 61.7 Å². The molecule has 122 valence electrons. The summed E-state index contributed by atoms with van der Waals surface area (Å²) in [6, 6.07) is 13.5. The molecule has 3 rings (SSSR count). The summed E-state index contributed by atoms with van der Waals surface area (Å²) in [5.74, 6) is 0.667. The largest absolute Gasteiger partial charge is 0.497 e. The molecule has 0 spiro atoms. The van der Waals surface area contributed by atoms with Crippen molar-refractivity contribution >= 4 is 22.4 Å². The van der Waals surface area contributed by atoms with Crippen LogP contribution in [0.3, 0.4) is 0 Å². The Bertz CT molecular complexity index is 869. The molecule has 1 heterocycles. The van der Waals surface area contributed by atoms with E-state index >= 15 is 0 Å². The second kappa shape index (κ2) is 6.84. The number of carbonyl (C=O) groups excluding carboxylic acids is 1. The second-order valence-corrected chi connectivity index (χ2v) is 6.40. The summed E-state index contributed by atoms with van der Waals surface area (Å²) < 4.78 is 5.16. The van der Waals surface area contributed by atoms with E-state index in [1.54, 1.807) is 7.11 Å². The first-order chi connectivity index (χ1) is 11.6. The maximum Gasteiger partial charge on any atom is 0.257 e. The molecule has 1 amide bonds. The molecule has 4 nitrogen and oxygen atoms in total. The Morgan fingerprint density at radius 2 is 1.88 bits per heavy atom. The summed E-state index contributed by atoms with van der Waals surface area (Å²) in [6.45, 7) is 3.95. The summed E-state index contributed by atoms with van der Waals surface area (Å²) in [6.07, 6.45) is 0. The number of aryl methyl sites for hydroxylation is 2. The Balaban J connectivity index is 1.76. The van der Waals surface area contributed by atoms with Crippen LogP contribution in [0.5, 0.6) is 5.75 Å². The smallest absolute Gasteiger partial charge is 0.257 e. The van der Waals surface area contributed by atoms with E-state index in [0.29, 0.717) is 10.7 Å². The lowest BCUT2D eigenvalue weighted by atomic mass is 10.1. The molecule has 0 saturated heterocycles. The molecule has 0 bridgehead atoms. The summed E-state index contributed by atoms with van der Waals surface area (Å²) >= 11 is 1.41. The van der Waals surface area contributed by atoms with Crippen LogP contribution in [0.4, 0.5) is 5.13 Å². The summed E-state index contributed by atoms with van der Waals surface area (Å²) in [5.41, 5.74) is 4.58. The van der Waals surface area contributed by atoms with Gasteiger partial charge in [0.15, 0.2) is 5.13 Å². The van der Waals surface area contributed by atoms with Crippen LogP contribution in [0.15, 0.2) is 47.8 Å². The van der Waals surface area contributed by atoms with Crippen molar-refractivity contribution in [1.29, 1.82) is 0 Å². The highest BCUT2D eigenvalue weighted by molar-refractivity contribution is 7.14. The highest BCUT2D eigenvalue weighted by Gasteiger charge is 2.12. The minimum absolute atomic E-state index is 0.136. The number of hydrogen-bond donors (Lipinski definition) is 1. The van der Waals surface area contributed by atoms with Crippen LogP contribution in [0.1, 0.15) is 21.5 Å². The Morgan fingerprint density at radius 1 is 1.12 bits per heavy atom. The van der Waals surface area contributed by atoms with Crippen molar-refractivity contribution in [3.05, 3.63) is 64.5 Å². The fraction of sp³-hybridized carbons (Fsp3) is 0.158. The number of nitrogens with zero attached hydrogens (tertiary/aromatic N) is 1. The van der Waals surface area contributed by atoms with E-state index in [9.17, 15) is 4.79 Å². The molecule has 1 aromatic heterocycles. The van der Waals surface area contributed by atoms with E-state index in [2.05, 4.69) is 10.3 Å². The zero-order chi connectivity index (χ0) is 17.1. The minimum Gasteiger partial charge on any atom is -0.497 e. The molecular weight excluding hydrogens is 320 g/mol. The average Bonchev–Trinajstić information content (AvgIpc) is 3.03. The lowest BCUT2D eigenvalue weighted by Crippen LogP contribution is -2.13. The lowest BCUT2D eigenvalue weighted by Gasteiger charge is -2.06. The van der Waals surface area contributed by atoms with Gasteiger partial charge in [-0.05, 0) is 49.7 Å². The summed E-state index contributed by atoms with van der Waals surface area (Å²) in [7, 11) is 1.64. The van der Waals surface area contributed by atoms with E-state index in [1.165, 1.54) is 11.3 Å². The summed E-state index contributed by atoms with van der Waals surface area (Å²) in [4.78, 5) is 16.9. The van der Waals surface area contributed by atoms with Gasteiger partial charge < -0.3 is 4.74 Å². The Kier molecular flexibility index (Phi) is 4.62. The molecule has 5 heteroatoms. The van der Waals surface area contributed by atoms with Crippen molar-refractivity contribution in [1.82, 2.24) is 4.98 Å². The Labute approximate surface area is 145 Å². The molecule has 0 saturated carbocycles. The van der Waals surface area contributed by atoms with Crippen LogP contribution in [-0.4, -0.2) is 18.0 Å². The molecule has 0 radical (unpaired) electrons. The minimum atomic E-state index is -0.136. The third-order valence-electron chi connectivity index (χ3n) is 3.74. The molecule has 0 atom stereocenters. The van der Waals surface area contributed by atoms with Crippen LogP contribution in [0, 0.1) is 13.8 Å². The van der Waals surface area contributed by atoms with Gasteiger partial charge in [0.25, 0.3) is 5.91 Å². The van der Waals surface area contributed by atoms with Gasteiger partial charge >= 0.3 is 0 Å².